The van der Waals surface area contributed by atoms with Gasteiger partial charge in [-0.3, -0.25) is 4.57 Å². The number of aryl methyl sites for hydroxylation is 1. The van der Waals surface area contributed by atoms with Crippen LogP contribution in [0.5, 0.6) is 0 Å². The van der Waals surface area contributed by atoms with Crippen molar-refractivity contribution < 1.29 is 9.15 Å². The minimum atomic E-state index is -0.288. The lowest BCUT2D eigenvalue weighted by molar-refractivity contribution is 0.117. The van der Waals surface area contributed by atoms with E-state index in [4.69, 9.17) is 9.15 Å². The topological polar surface area (TPSA) is 56.4 Å². The van der Waals surface area contributed by atoms with Gasteiger partial charge in [0.2, 0.25) is 0 Å². The summed E-state index contributed by atoms with van der Waals surface area (Å²) < 4.78 is 12.7. The monoisotopic (exact) mass is 290 g/mol. The Balaban J connectivity index is 1.97. The van der Waals surface area contributed by atoms with E-state index in [0.717, 1.165) is 24.1 Å². The number of nitrogens with zero attached hydrogens (tertiary/aromatic N) is 1. The van der Waals surface area contributed by atoms with E-state index in [9.17, 15) is 4.79 Å². The van der Waals surface area contributed by atoms with Crippen LogP contribution in [0.15, 0.2) is 27.4 Å². The Hall–Kier alpha value is -1.59. The number of fused-ring (bicyclic) bond motifs is 1. The Morgan fingerprint density at radius 2 is 2.29 bits per heavy atom. The van der Waals surface area contributed by atoms with E-state index in [2.05, 4.69) is 18.3 Å². The van der Waals surface area contributed by atoms with E-state index in [1.165, 1.54) is 0 Å². The molecule has 1 aromatic heterocycles. The SMILES string of the molecule is CCn1c(=O)oc2cc(C(NC)C3COC(C)C3)ccc21. The van der Waals surface area contributed by atoms with Gasteiger partial charge in [0.15, 0.2) is 5.58 Å². The van der Waals surface area contributed by atoms with Crippen molar-refractivity contribution in [3.8, 4) is 0 Å². The van der Waals surface area contributed by atoms with Crippen molar-refractivity contribution in [1.29, 1.82) is 0 Å². The van der Waals surface area contributed by atoms with Gasteiger partial charge in [0.25, 0.3) is 0 Å². The van der Waals surface area contributed by atoms with E-state index >= 15 is 0 Å². The average Bonchev–Trinajstić information content (AvgIpc) is 3.02. The largest absolute Gasteiger partial charge is 0.419 e. The number of aromatic nitrogens is 1. The van der Waals surface area contributed by atoms with Crippen LogP contribution in [-0.4, -0.2) is 24.3 Å². The molecule has 1 aliphatic heterocycles. The van der Waals surface area contributed by atoms with Crippen LogP contribution in [0.25, 0.3) is 11.1 Å². The van der Waals surface area contributed by atoms with Gasteiger partial charge >= 0.3 is 5.76 Å². The summed E-state index contributed by atoms with van der Waals surface area (Å²) in [7, 11) is 1.96. The number of oxazole rings is 1. The summed E-state index contributed by atoms with van der Waals surface area (Å²) in [6.07, 6.45) is 1.36. The minimum Gasteiger partial charge on any atom is -0.408 e. The summed E-state index contributed by atoms with van der Waals surface area (Å²) in [4.78, 5) is 11.8. The van der Waals surface area contributed by atoms with Crippen LogP contribution in [0.4, 0.5) is 0 Å². The average molecular weight is 290 g/mol. The first kappa shape index (κ1) is 14.4. The van der Waals surface area contributed by atoms with Gasteiger partial charge in [-0.25, -0.2) is 4.79 Å². The minimum absolute atomic E-state index is 0.217. The lowest BCUT2D eigenvalue weighted by atomic mass is 9.91. The van der Waals surface area contributed by atoms with Gasteiger partial charge in [0.1, 0.15) is 0 Å². The number of nitrogens with one attached hydrogen (secondary N) is 1. The van der Waals surface area contributed by atoms with Gasteiger partial charge in [-0.15, -0.1) is 0 Å². The fraction of sp³-hybridized carbons (Fsp3) is 0.562. The fourth-order valence-electron chi connectivity index (χ4n) is 3.33. The number of hydrogen-bond acceptors (Lipinski definition) is 4. The van der Waals surface area contributed by atoms with Crippen molar-refractivity contribution in [2.75, 3.05) is 13.7 Å². The maximum Gasteiger partial charge on any atom is 0.419 e. The van der Waals surface area contributed by atoms with Gasteiger partial charge in [-0.2, -0.15) is 0 Å². The summed E-state index contributed by atoms with van der Waals surface area (Å²) >= 11 is 0. The van der Waals surface area contributed by atoms with Gasteiger partial charge in [0, 0.05) is 18.5 Å². The van der Waals surface area contributed by atoms with Crippen LogP contribution in [0.1, 0.15) is 31.9 Å². The van der Waals surface area contributed by atoms with Crippen LogP contribution in [-0.2, 0) is 11.3 Å². The molecule has 1 aromatic carbocycles. The number of benzene rings is 1. The molecule has 3 unspecified atom stereocenters. The van der Waals surface area contributed by atoms with Crippen molar-refractivity contribution in [3.05, 3.63) is 34.3 Å². The van der Waals surface area contributed by atoms with E-state index in [1.54, 1.807) is 4.57 Å². The molecule has 0 spiro atoms. The van der Waals surface area contributed by atoms with Gasteiger partial charge in [-0.05, 0) is 45.0 Å². The summed E-state index contributed by atoms with van der Waals surface area (Å²) in [6.45, 7) is 5.44. The molecular weight excluding hydrogens is 268 g/mol. The van der Waals surface area contributed by atoms with Crippen LogP contribution < -0.4 is 11.1 Å². The number of ether oxygens (including phenoxy) is 1. The molecule has 0 amide bonds. The van der Waals surface area contributed by atoms with Gasteiger partial charge in [0.05, 0.1) is 18.2 Å². The molecule has 1 fully saturated rings. The molecule has 0 radical (unpaired) electrons. The maximum atomic E-state index is 11.8. The lowest BCUT2D eigenvalue weighted by Gasteiger charge is -2.22. The van der Waals surface area contributed by atoms with Crippen LogP contribution in [0.2, 0.25) is 0 Å². The Labute approximate surface area is 123 Å². The molecule has 2 heterocycles. The zero-order valence-corrected chi connectivity index (χ0v) is 12.8. The second-order valence-electron chi connectivity index (χ2n) is 5.75. The Morgan fingerprint density at radius 1 is 1.48 bits per heavy atom. The predicted octanol–water partition coefficient (Wildman–Crippen LogP) is 2.30. The quantitative estimate of drug-likeness (QED) is 0.938. The standard InChI is InChI=1S/C16H22N2O3/c1-4-18-13-6-5-11(8-14(13)21-16(18)19)15(17-3)12-7-10(2)20-9-12/h5-6,8,10,12,15,17H,4,7,9H2,1-3H3. The second kappa shape index (κ2) is 5.66. The molecule has 5 nitrogen and oxygen atoms in total. The number of rotatable bonds is 4. The Morgan fingerprint density at radius 3 is 2.90 bits per heavy atom. The maximum absolute atomic E-state index is 11.8. The zero-order chi connectivity index (χ0) is 15.0. The first-order valence-electron chi connectivity index (χ1n) is 7.56. The van der Waals surface area contributed by atoms with Crippen LogP contribution in [0.3, 0.4) is 0 Å². The molecule has 21 heavy (non-hydrogen) atoms. The molecule has 1 saturated heterocycles. The third-order valence-corrected chi connectivity index (χ3v) is 4.38. The van der Waals surface area contributed by atoms with Crippen LogP contribution in [0, 0.1) is 5.92 Å². The first-order chi connectivity index (χ1) is 10.1. The Bertz CT molecular complexity index is 688. The van der Waals surface area contributed by atoms with Crippen molar-refractivity contribution in [1.82, 2.24) is 9.88 Å². The molecule has 114 valence electrons. The third kappa shape index (κ3) is 2.51. The van der Waals surface area contributed by atoms with Crippen molar-refractivity contribution in [3.63, 3.8) is 0 Å². The zero-order valence-electron chi connectivity index (χ0n) is 12.8. The third-order valence-electron chi connectivity index (χ3n) is 4.38. The molecule has 0 bridgehead atoms. The highest BCUT2D eigenvalue weighted by atomic mass is 16.5. The number of hydrogen-bond donors (Lipinski definition) is 1. The highest BCUT2D eigenvalue weighted by Gasteiger charge is 2.30. The van der Waals surface area contributed by atoms with E-state index < -0.39 is 0 Å². The van der Waals surface area contributed by atoms with Crippen LogP contribution >= 0.6 is 0 Å². The molecule has 3 rings (SSSR count). The molecule has 0 saturated carbocycles. The van der Waals surface area contributed by atoms with Crippen molar-refractivity contribution in [2.24, 2.45) is 5.92 Å². The molecule has 5 heteroatoms. The Kier molecular flexibility index (Phi) is 3.87. The van der Waals surface area contributed by atoms with Gasteiger partial charge in [-0.1, -0.05) is 6.07 Å². The van der Waals surface area contributed by atoms with Crippen molar-refractivity contribution in [2.45, 2.75) is 39.0 Å². The second-order valence-corrected chi connectivity index (χ2v) is 5.75. The fourth-order valence-corrected chi connectivity index (χ4v) is 3.33. The first-order valence-corrected chi connectivity index (χ1v) is 7.56. The summed E-state index contributed by atoms with van der Waals surface area (Å²) in [5, 5.41) is 3.37. The normalized spacial score (nSPS) is 23.8. The molecule has 3 atom stereocenters. The highest BCUT2D eigenvalue weighted by Crippen LogP contribution is 2.32. The molecule has 1 N–H and O–H groups in total. The summed E-state index contributed by atoms with van der Waals surface area (Å²) in [5.74, 6) is 0.158. The summed E-state index contributed by atoms with van der Waals surface area (Å²) in [5.41, 5.74) is 2.66. The lowest BCUT2D eigenvalue weighted by Crippen LogP contribution is -2.25. The molecule has 1 aliphatic rings. The predicted molar refractivity (Wildman–Crippen MR) is 81.5 cm³/mol. The summed E-state index contributed by atoms with van der Waals surface area (Å²) in [6, 6.07) is 6.25. The van der Waals surface area contributed by atoms with Gasteiger partial charge < -0.3 is 14.5 Å². The smallest absolute Gasteiger partial charge is 0.408 e. The molecule has 0 aliphatic carbocycles. The molecule has 2 aromatic rings. The molecular formula is C16H22N2O3. The van der Waals surface area contributed by atoms with Crippen molar-refractivity contribution >= 4 is 11.1 Å². The van der Waals surface area contributed by atoms with E-state index in [0.29, 0.717) is 24.1 Å². The highest BCUT2D eigenvalue weighted by molar-refractivity contribution is 5.74. The van der Waals surface area contributed by atoms with E-state index in [-0.39, 0.29) is 11.8 Å². The van der Waals surface area contributed by atoms with E-state index in [1.807, 2.05) is 26.1 Å².